The van der Waals surface area contributed by atoms with Crippen LogP contribution in [0, 0.1) is 5.92 Å². The summed E-state index contributed by atoms with van der Waals surface area (Å²) in [5.74, 6) is 0.459. The highest BCUT2D eigenvalue weighted by Crippen LogP contribution is 2.42. The lowest BCUT2D eigenvalue weighted by Crippen LogP contribution is -2.38. The van der Waals surface area contributed by atoms with Crippen molar-refractivity contribution < 1.29 is 17.9 Å². The third-order valence-corrected chi connectivity index (χ3v) is 3.97. The number of hydrogen-bond donors (Lipinski definition) is 1. The Labute approximate surface area is 122 Å². The first-order valence-electron chi connectivity index (χ1n) is 7.07. The van der Waals surface area contributed by atoms with Gasteiger partial charge in [0.1, 0.15) is 0 Å². The topological polar surface area (TPSA) is 38.5 Å². The van der Waals surface area contributed by atoms with Crippen LogP contribution < -0.4 is 10.6 Å². The standard InChI is InChI=1S/C15H21F3N2O/c1-10(11-3-4-11)20(7-8-21-2)14-6-5-12(19)9-13(14)15(16,17)18/h5-6,9-11H,3-4,7-8,19H2,1-2H3. The van der Waals surface area contributed by atoms with Gasteiger partial charge in [0.2, 0.25) is 0 Å². The third-order valence-electron chi connectivity index (χ3n) is 3.97. The van der Waals surface area contributed by atoms with Gasteiger partial charge in [0, 0.05) is 31.1 Å². The van der Waals surface area contributed by atoms with Gasteiger partial charge in [0.05, 0.1) is 12.2 Å². The van der Waals surface area contributed by atoms with Crippen molar-refractivity contribution >= 4 is 11.4 Å². The summed E-state index contributed by atoms with van der Waals surface area (Å²) in [6.45, 7) is 2.80. The molecule has 1 unspecified atom stereocenters. The van der Waals surface area contributed by atoms with Gasteiger partial charge < -0.3 is 15.4 Å². The van der Waals surface area contributed by atoms with E-state index in [0.29, 0.717) is 19.1 Å². The number of anilines is 2. The summed E-state index contributed by atoms with van der Waals surface area (Å²) in [5.41, 5.74) is 5.16. The molecule has 0 aliphatic heterocycles. The molecule has 0 aromatic heterocycles. The van der Waals surface area contributed by atoms with Gasteiger partial charge in [0.25, 0.3) is 0 Å². The molecule has 0 bridgehead atoms. The summed E-state index contributed by atoms with van der Waals surface area (Å²) in [6.07, 6.45) is -2.28. The maximum absolute atomic E-state index is 13.3. The van der Waals surface area contributed by atoms with E-state index in [1.54, 1.807) is 12.0 Å². The van der Waals surface area contributed by atoms with Gasteiger partial charge in [-0.2, -0.15) is 13.2 Å². The number of hydrogen-bond acceptors (Lipinski definition) is 3. The summed E-state index contributed by atoms with van der Waals surface area (Å²) in [4.78, 5) is 1.80. The highest BCUT2D eigenvalue weighted by Gasteiger charge is 2.38. The molecule has 6 heteroatoms. The maximum Gasteiger partial charge on any atom is 0.418 e. The van der Waals surface area contributed by atoms with Crippen LogP contribution in [0.15, 0.2) is 18.2 Å². The van der Waals surface area contributed by atoms with Gasteiger partial charge in [-0.25, -0.2) is 0 Å². The molecule has 0 saturated heterocycles. The minimum Gasteiger partial charge on any atom is -0.399 e. The van der Waals surface area contributed by atoms with Crippen LogP contribution in [-0.4, -0.2) is 26.3 Å². The van der Waals surface area contributed by atoms with Crippen LogP contribution in [0.3, 0.4) is 0 Å². The molecule has 1 aromatic rings. The molecular weight excluding hydrogens is 281 g/mol. The Hall–Kier alpha value is -1.43. The number of nitrogens with two attached hydrogens (primary N) is 1. The summed E-state index contributed by atoms with van der Waals surface area (Å²) in [7, 11) is 1.55. The highest BCUT2D eigenvalue weighted by molar-refractivity contribution is 5.61. The summed E-state index contributed by atoms with van der Waals surface area (Å²) >= 11 is 0. The first kappa shape index (κ1) is 15.9. The lowest BCUT2D eigenvalue weighted by atomic mass is 10.1. The Morgan fingerprint density at radius 3 is 2.57 bits per heavy atom. The first-order chi connectivity index (χ1) is 9.84. The zero-order valence-corrected chi connectivity index (χ0v) is 12.3. The van der Waals surface area contributed by atoms with Crippen molar-refractivity contribution in [3.63, 3.8) is 0 Å². The predicted molar refractivity (Wildman–Crippen MR) is 77.3 cm³/mol. The Kier molecular flexibility index (Phi) is 4.66. The van der Waals surface area contributed by atoms with Crippen LogP contribution in [0.25, 0.3) is 0 Å². The summed E-state index contributed by atoms with van der Waals surface area (Å²) in [5, 5.41) is 0. The Morgan fingerprint density at radius 1 is 1.38 bits per heavy atom. The number of nitrogen functional groups attached to an aromatic ring is 1. The molecule has 1 aromatic carbocycles. The van der Waals surface area contributed by atoms with E-state index in [9.17, 15) is 13.2 Å². The average molecular weight is 302 g/mol. The second-order valence-electron chi connectivity index (χ2n) is 5.54. The van der Waals surface area contributed by atoms with Crippen molar-refractivity contribution in [3.8, 4) is 0 Å². The first-order valence-corrected chi connectivity index (χ1v) is 7.07. The fourth-order valence-corrected chi connectivity index (χ4v) is 2.60. The number of halogens is 3. The molecule has 1 aliphatic rings. The van der Waals surface area contributed by atoms with Crippen LogP contribution in [0.1, 0.15) is 25.3 Å². The van der Waals surface area contributed by atoms with Crippen LogP contribution in [0.2, 0.25) is 0 Å². The van der Waals surface area contributed by atoms with E-state index in [2.05, 4.69) is 0 Å². The van der Waals surface area contributed by atoms with Gasteiger partial charge in [0.15, 0.2) is 0 Å². The summed E-state index contributed by atoms with van der Waals surface area (Å²) in [6, 6.07) is 4.05. The van der Waals surface area contributed by atoms with Crippen molar-refractivity contribution in [2.24, 2.45) is 5.92 Å². The molecule has 21 heavy (non-hydrogen) atoms. The Bertz CT molecular complexity index is 486. The van der Waals surface area contributed by atoms with Crippen molar-refractivity contribution in [2.75, 3.05) is 30.9 Å². The quantitative estimate of drug-likeness (QED) is 0.817. The van der Waals surface area contributed by atoms with E-state index < -0.39 is 11.7 Å². The van der Waals surface area contributed by atoms with Crippen molar-refractivity contribution in [2.45, 2.75) is 32.0 Å². The van der Waals surface area contributed by atoms with Crippen LogP contribution in [-0.2, 0) is 10.9 Å². The van der Waals surface area contributed by atoms with Gasteiger partial charge in [-0.15, -0.1) is 0 Å². The fraction of sp³-hybridized carbons (Fsp3) is 0.600. The van der Waals surface area contributed by atoms with Gasteiger partial charge in [-0.3, -0.25) is 0 Å². The molecule has 2 N–H and O–H groups in total. The van der Waals surface area contributed by atoms with E-state index in [-0.39, 0.29) is 17.4 Å². The van der Waals surface area contributed by atoms with E-state index in [1.165, 1.54) is 12.1 Å². The molecule has 2 rings (SSSR count). The maximum atomic E-state index is 13.3. The number of rotatable bonds is 6. The molecule has 1 aliphatic carbocycles. The fourth-order valence-electron chi connectivity index (χ4n) is 2.60. The molecule has 0 radical (unpaired) electrons. The molecular formula is C15H21F3N2O. The molecule has 1 saturated carbocycles. The van der Waals surface area contributed by atoms with Gasteiger partial charge in [-0.05, 0) is 43.9 Å². The number of nitrogens with zero attached hydrogens (tertiary/aromatic N) is 1. The molecule has 1 atom stereocenters. The molecule has 0 amide bonds. The monoisotopic (exact) mass is 302 g/mol. The third kappa shape index (κ3) is 3.81. The second kappa shape index (κ2) is 6.13. The van der Waals surface area contributed by atoms with E-state index in [4.69, 9.17) is 10.5 Å². The van der Waals surface area contributed by atoms with Crippen molar-refractivity contribution in [3.05, 3.63) is 23.8 Å². The predicted octanol–water partition coefficient (Wildman–Crippen LogP) is 3.54. The van der Waals surface area contributed by atoms with Crippen molar-refractivity contribution in [1.29, 1.82) is 0 Å². The van der Waals surface area contributed by atoms with E-state index in [1.807, 2.05) is 6.92 Å². The van der Waals surface area contributed by atoms with Crippen LogP contribution in [0.4, 0.5) is 24.5 Å². The molecule has 0 spiro atoms. The second-order valence-corrected chi connectivity index (χ2v) is 5.54. The zero-order chi connectivity index (χ0) is 15.6. The van der Waals surface area contributed by atoms with Crippen LogP contribution in [0.5, 0.6) is 0 Å². The SMILES string of the molecule is COCCN(c1ccc(N)cc1C(F)(F)F)C(C)C1CC1. The van der Waals surface area contributed by atoms with Gasteiger partial charge in [-0.1, -0.05) is 0 Å². The van der Waals surface area contributed by atoms with E-state index >= 15 is 0 Å². The van der Waals surface area contributed by atoms with Crippen molar-refractivity contribution in [1.82, 2.24) is 0 Å². The van der Waals surface area contributed by atoms with Gasteiger partial charge >= 0.3 is 6.18 Å². The smallest absolute Gasteiger partial charge is 0.399 e. The Morgan fingerprint density at radius 2 is 2.05 bits per heavy atom. The highest BCUT2D eigenvalue weighted by atomic mass is 19.4. The molecule has 118 valence electrons. The number of methoxy groups -OCH3 is 1. The normalized spacial score (nSPS) is 16.8. The van der Waals surface area contributed by atoms with Crippen LogP contribution >= 0.6 is 0 Å². The lowest BCUT2D eigenvalue weighted by Gasteiger charge is -2.33. The number of benzene rings is 1. The zero-order valence-electron chi connectivity index (χ0n) is 12.3. The number of alkyl halides is 3. The Balaban J connectivity index is 2.38. The molecule has 0 heterocycles. The average Bonchev–Trinajstić information content (AvgIpc) is 3.23. The lowest BCUT2D eigenvalue weighted by molar-refractivity contribution is -0.137. The largest absolute Gasteiger partial charge is 0.418 e. The molecule has 1 fully saturated rings. The number of ether oxygens (including phenoxy) is 1. The minimum absolute atomic E-state index is 0.0601. The minimum atomic E-state index is -4.42. The van der Waals surface area contributed by atoms with E-state index in [0.717, 1.165) is 18.9 Å². The summed E-state index contributed by atoms with van der Waals surface area (Å²) < 4.78 is 44.9. The molecule has 3 nitrogen and oxygen atoms in total.